The summed E-state index contributed by atoms with van der Waals surface area (Å²) in [5, 5.41) is 19.9. The number of nitrogens with zero attached hydrogens (tertiary/aromatic N) is 5. The van der Waals surface area contributed by atoms with E-state index in [0.29, 0.717) is 17.4 Å². The molecule has 2 saturated heterocycles. The number of nitriles is 1. The summed E-state index contributed by atoms with van der Waals surface area (Å²) in [6, 6.07) is 15.7. The number of nitrogens with one attached hydrogen (secondary N) is 1. The molecule has 0 saturated carbocycles. The Morgan fingerprint density at radius 2 is 1.78 bits per heavy atom. The summed E-state index contributed by atoms with van der Waals surface area (Å²) in [6.07, 6.45) is 5.61. The Hall–Kier alpha value is -3.50. The lowest BCUT2D eigenvalue weighted by Crippen LogP contribution is -2.31. The lowest BCUT2D eigenvalue weighted by Gasteiger charge is -2.21. The van der Waals surface area contributed by atoms with Crippen molar-refractivity contribution in [1.82, 2.24) is 25.2 Å². The Morgan fingerprint density at radius 1 is 1.06 bits per heavy atom. The van der Waals surface area contributed by atoms with Gasteiger partial charge in [-0.3, -0.25) is 9.69 Å². The van der Waals surface area contributed by atoms with Gasteiger partial charge in [-0.1, -0.05) is 18.2 Å². The van der Waals surface area contributed by atoms with Gasteiger partial charge in [-0.05, 0) is 66.1 Å². The summed E-state index contributed by atoms with van der Waals surface area (Å²) in [6.45, 7) is 4.74. The molecule has 1 amide bonds. The van der Waals surface area contributed by atoms with Crippen molar-refractivity contribution in [2.75, 3.05) is 26.2 Å². The molecule has 3 heterocycles. The van der Waals surface area contributed by atoms with Crippen LogP contribution in [0.1, 0.15) is 29.5 Å². The number of aromatic amines is 1. The van der Waals surface area contributed by atoms with E-state index < -0.39 is 0 Å². The summed E-state index contributed by atoms with van der Waals surface area (Å²) in [5.74, 6) is 1.37. The standard InChI is InChI=1S/C25H26N6O/c26-14-19-3-1-18(2-4-19)6-8-25(32)31-11-9-21-16-30(17-22(21)10-12-31)15-20-5-7-23-24(13-20)28-29-27-23/h1-8,13,21-22H,9-12,15-17H2,(H,27,28,29)/b8-6+. The van der Waals surface area contributed by atoms with Crippen LogP contribution in [0.5, 0.6) is 0 Å². The number of rotatable bonds is 4. The molecule has 0 radical (unpaired) electrons. The Balaban J connectivity index is 1.15. The van der Waals surface area contributed by atoms with E-state index in [2.05, 4.69) is 38.5 Å². The van der Waals surface area contributed by atoms with Crippen LogP contribution in [-0.2, 0) is 11.3 Å². The Bertz CT molecular complexity index is 1160. The van der Waals surface area contributed by atoms with Crippen molar-refractivity contribution < 1.29 is 4.79 Å². The van der Waals surface area contributed by atoms with Gasteiger partial charge in [-0.15, -0.1) is 0 Å². The summed E-state index contributed by atoms with van der Waals surface area (Å²) < 4.78 is 0. The first-order valence-corrected chi connectivity index (χ1v) is 11.2. The number of carbonyl (C=O) groups excluding carboxylic acids is 1. The van der Waals surface area contributed by atoms with Crippen LogP contribution in [0.15, 0.2) is 48.5 Å². The van der Waals surface area contributed by atoms with Crippen molar-refractivity contribution in [3.05, 3.63) is 65.2 Å². The summed E-state index contributed by atoms with van der Waals surface area (Å²) in [5.41, 5.74) is 4.65. The first-order chi connectivity index (χ1) is 15.7. The largest absolute Gasteiger partial charge is 0.339 e. The van der Waals surface area contributed by atoms with Crippen molar-refractivity contribution in [2.24, 2.45) is 11.8 Å². The normalized spacial score (nSPS) is 21.5. The zero-order chi connectivity index (χ0) is 21.9. The quantitative estimate of drug-likeness (QED) is 0.647. The molecule has 0 bridgehead atoms. The molecule has 0 aliphatic carbocycles. The smallest absolute Gasteiger partial charge is 0.246 e. The van der Waals surface area contributed by atoms with Crippen molar-refractivity contribution in [3.8, 4) is 6.07 Å². The topological polar surface area (TPSA) is 88.9 Å². The lowest BCUT2D eigenvalue weighted by atomic mass is 9.92. The van der Waals surface area contributed by atoms with Crippen molar-refractivity contribution in [1.29, 1.82) is 5.26 Å². The molecule has 2 aromatic carbocycles. The van der Waals surface area contributed by atoms with Gasteiger partial charge in [0.05, 0.1) is 11.6 Å². The van der Waals surface area contributed by atoms with Gasteiger partial charge in [-0.2, -0.15) is 20.7 Å². The third-order valence-corrected chi connectivity index (χ3v) is 6.75. The van der Waals surface area contributed by atoms with E-state index in [-0.39, 0.29) is 5.91 Å². The van der Waals surface area contributed by atoms with E-state index in [9.17, 15) is 4.79 Å². The third kappa shape index (κ3) is 4.41. The van der Waals surface area contributed by atoms with Crippen molar-refractivity contribution in [2.45, 2.75) is 19.4 Å². The SMILES string of the molecule is N#Cc1ccc(/C=C/C(=O)N2CCC3CN(Cc4ccc5n[nH]nc5c4)CC3CC2)cc1. The number of H-pyrrole nitrogens is 1. The van der Waals surface area contributed by atoms with Crippen LogP contribution in [-0.4, -0.2) is 57.3 Å². The molecule has 0 spiro atoms. The number of benzene rings is 2. The molecule has 2 fully saturated rings. The molecule has 3 aromatic rings. The van der Waals surface area contributed by atoms with Crippen LogP contribution in [0.25, 0.3) is 17.1 Å². The van der Waals surface area contributed by atoms with Gasteiger partial charge in [0.25, 0.3) is 0 Å². The van der Waals surface area contributed by atoms with Gasteiger partial charge in [0.15, 0.2) is 0 Å². The van der Waals surface area contributed by atoms with Gasteiger partial charge >= 0.3 is 0 Å². The number of aromatic nitrogens is 3. The third-order valence-electron chi connectivity index (χ3n) is 6.75. The van der Waals surface area contributed by atoms with Crippen LogP contribution < -0.4 is 0 Å². The molecule has 5 rings (SSSR count). The minimum atomic E-state index is 0.0760. The maximum Gasteiger partial charge on any atom is 0.246 e. The fourth-order valence-electron chi connectivity index (χ4n) is 4.98. The first-order valence-electron chi connectivity index (χ1n) is 11.2. The van der Waals surface area contributed by atoms with Crippen molar-refractivity contribution in [3.63, 3.8) is 0 Å². The van der Waals surface area contributed by atoms with Crippen LogP contribution in [0.3, 0.4) is 0 Å². The Labute approximate surface area is 187 Å². The minimum absolute atomic E-state index is 0.0760. The number of amides is 1. The number of hydrogen-bond acceptors (Lipinski definition) is 5. The van der Waals surface area contributed by atoms with Crippen LogP contribution in [0, 0.1) is 23.2 Å². The second-order valence-corrected chi connectivity index (χ2v) is 8.83. The van der Waals surface area contributed by atoms with Gasteiger partial charge in [0.1, 0.15) is 11.0 Å². The summed E-state index contributed by atoms with van der Waals surface area (Å²) in [7, 11) is 0. The molecule has 7 nitrogen and oxygen atoms in total. The fourth-order valence-corrected chi connectivity index (χ4v) is 4.98. The van der Waals surface area contributed by atoms with Crippen LogP contribution in [0.2, 0.25) is 0 Å². The van der Waals surface area contributed by atoms with E-state index in [0.717, 1.165) is 62.2 Å². The van der Waals surface area contributed by atoms with Gasteiger partial charge in [0, 0.05) is 38.8 Å². The number of hydrogen-bond donors (Lipinski definition) is 1. The highest BCUT2D eigenvalue weighted by atomic mass is 16.2. The molecule has 2 aliphatic rings. The zero-order valence-electron chi connectivity index (χ0n) is 17.9. The van der Waals surface area contributed by atoms with Crippen LogP contribution in [0.4, 0.5) is 0 Å². The lowest BCUT2D eigenvalue weighted by molar-refractivity contribution is -0.126. The van der Waals surface area contributed by atoms with Crippen LogP contribution >= 0.6 is 0 Å². The van der Waals surface area contributed by atoms with E-state index in [1.165, 1.54) is 5.56 Å². The molecule has 32 heavy (non-hydrogen) atoms. The maximum absolute atomic E-state index is 12.7. The molecular formula is C25H26N6O. The van der Waals surface area contributed by atoms with E-state index >= 15 is 0 Å². The highest BCUT2D eigenvalue weighted by Gasteiger charge is 2.35. The molecule has 2 unspecified atom stereocenters. The molecule has 1 N–H and O–H groups in total. The summed E-state index contributed by atoms with van der Waals surface area (Å²) >= 11 is 0. The molecule has 1 aromatic heterocycles. The number of carbonyl (C=O) groups is 1. The first kappa shape index (κ1) is 20.4. The average Bonchev–Trinajstić information content (AvgIpc) is 3.39. The molecule has 162 valence electrons. The van der Waals surface area contributed by atoms with Gasteiger partial charge < -0.3 is 4.90 Å². The molecule has 2 aliphatic heterocycles. The number of likely N-dealkylation sites (tertiary alicyclic amines) is 2. The highest BCUT2D eigenvalue weighted by molar-refractivity contribution is 5.91. The predicted octanol–water partition coefficient (Wildman–Crippen LogP) is 3.21. The fraction of sp³-hybridized carbons (Fsp3) is 0.360. The second kappa shape index (κ2) is 8.93. The highest BCUT2D eigenvalue weighted by Crippen LogP contribution is 2.32. The predicted molar refractivity (Wildman–Crippen MR) is 122 cm³/mol. The Kier molecular flexibility index (Phi) is 5.70. The molecule has 2 atom stereocenters. The second-order valence-electron chi connectivity index (χ2n) is 8.83. The van der Waals surface area contributed by atoms with Gasteiger partial charge in [-0.25, -0.2) is 0 Å². The molecular weight excluding hydrogens is 400 g/mol. The van der Waals surface area contributed by atoms with E-state index in [4.69, 9.17) is 5.26 Å². The molecule has 7 heteroatoms. The minimum Gasteiger partial charge on any atom is -0.339 e. The maximum atomic E-state index is 12.7. The summed E-state index contributed by atoms with van der Waals surface area (Å²) in [4.78, 5) is 17.2. The van der Waals surface area contributed by atoms with Crippen molar-refractivity contribution >= 4 is 23.0 Å². The number of fused-ring (bicyclic) bond motifs is 2. The average molecular weight is 427 g/mol. The zero-order valence-corrected chi connectivity index (χ0v) is 17.9. The monoisotopic (exact) mass is 426 g/mol. The van der Waals surface area contributed by atoms with E-state index in [1.807, 2.05) is 29.2 Å². The Morgan fingerprint density at radius 3 is 2.50 bits per heavy atom. The van der Waals surface area contributed by atoms with Gasteiger partial charge in [0.2, 0.25) is 5.91 Å². The van der Waals surface area contributed by atoms with E-state index in [1.54, 1.807) is 18.2 Å².